The number of benzene rings is 3. The number of fused-ring (bicyclic) bond motifs is 2. The lowest BCUT2D eigenvalue weighted by atomic mass is 9.96. The molecule has 1 spiro atoms. The van der Waals surface area contributed by atoms with Gasteiger partial charge in [0.2, 0.25) is 23.7 Å². The number of para-hydroxylation sites is 1. The number of aromatic nitrogens is 7. The van der Waals surface area contributed by atoms with Crippen molar-refractivity contribution >= 4 is 91.8 Å². The van der Waals surface area contributed by atoms with E-state index in [1.54, 1.807) is 42.3 Å². The van der Waals surface area contributed by atoms with Crippen LogP contribution in [0.1, 0.15) is 19.3 Å². The summed E-state index contributed by atoms with van der Waals surface area (Å²) >= 11 is 13.8. The van der Waals surface area contributed by atoms with Crippen molar-refractivity contribution in [1.82, 2.24) is 48.8 Å². The number of likely N-dealkylation sites (tertiary alicyclic amines) is 1. The molecule has 0 radical (unpaired) electrons. The maximum Gasteiger partial charge on any atom is 0.247 e. The van der Waals surface area contributed by atoms with Crippen LogP contribution in [0, 0.1) is 0 Å². The van der Waals surface area contributed by atoms with E-state index in [2.05, 4.69) is 87.8 Å². The third-order valence-corrected chi connectivity index (χ3v) is 16.0. The highest BCUT2D eigenvalue weighted by Gasteiger charge is 2.45. The van der Waals surface area contributed by atoms with E-state index in [1.807, 2.05) is 67.0 Å². The molecular formula is C59H63Cl2N15O5. The Hall–Kier alpha value is -8.27. The predicted molar refractivity (Wildman–Crippen MR) is 319 cm³/mol. The van der Waals surface area contributed by atoms with Gasteiger partial charge in [0.25, 0.3) is 0 Å². The van der Waals surface area contributed by atoms with Gasteiger partial charge in [0.1, 0.15) is 30.5 Å². The summed E-state index contributed by atoms with van der Waals surface area (Å²) in [5, 5.41) is 18.8. The zero-order chi connectivity index (χ0) is 56.2. The van der Waals surface area contributed by atoms with E-state index in [9.17, 15) is 9.59 Å². The molecule has 3 fully saturated rings. The molecular weight excluding hydrogens is 1070 g/mol. The number of pyridine rings is 1. The molecule has 1 atom stereocenters. The number of carbonyl (C=O) groups excluding carboxylic acids is 2. The lowest BCUT2D eigenvalue weighted by Gasteiger charge is -2.33. The smallest absolute Gasteiger partial charge is 0.247 e. The molecule has 418 valence electrons. The van der Waals surface area contributed by atoms with E-state index in [0.29, 0.717) is 74.6 Å². The Balaban J connectivity index is 0.887. The van der Waals surface area contributed by atoms with E-state index >= 15 is 0 Å². The molecule has 20 nitrogen and oxygen atoms in total. The number of anilines is 7. The normalized spacial score (nSPS) is 16.7. The SMILES string of the molecule is C=CC(=O)Nc1cc(Nc2ncc(Cl)c(-c3cn(CCOc4cc(N5CC[C@]6(CCCN6C)C5)c(NC(=O)C=C)cc4Nc4ncc(Cl)c(-c5cnn6ccccc56)n4)c4ccccc34)n2)c(OC)cc1OCCN1CCN(C)CC1. The molecule has 0 bridgehead atoms. The number of ether oxygens (including phenoxy) is 3. The summed E-state index contributed by atoms with van der Waals surface area (Å²) in [6.07, 6.45) is 14.4. The molecule has 11 rings (SSSR count). The number of carbonyl (C=O) groups is 2. The van der Waals surface area contributed by atoms with Gasteiger partial charge < -0.3 is 49.8 Å². The third kappa shape index (κ3) is 11.7. The fourth-order valence-electron chi connectivity index (χ4n) is 11.0. The molecule has 3 aliphatic heterocycles. The highest BCUT2D eigenvalue weighted by Crippen LogP contribution is 2.45. The average molecular weight is 1130 g/mol. The summed E-state index contributed by atoms with van der Waals surface area (Å²) in [5.74, 6) is 1.14. The first-order valence-electron chi connectivity index (χ1n) is 26.9. The Morgan fingerprint density at radius 3 is 2.05 bits per heavy atom. The van der Waals surface area contributed by atoms with Crippen LogP contribution >= 0.6 is 23.2 Å². The van der Waals surface area contributed by atoms with Crippen LogP contribution in [-0.2, 0) is 16.1 Å². The minimum Gasteiger partial charge on any atom is -0.494 e. The zero-order valence-electron chi connectivity index (χ0n) is 45.4. The van der Waals surface area contributed by atoms with E-state index in [-0.39, 0.29) is 29.9 Å². The van der Waals surface area contributed by atoms with Crippen molar-refractivity contribution in [1.29, 1.82) is 0 Å². The average Bonchev–Trinajstić information content (AvgIpc) is 4.48. The molecule has 3 aromatic carbocycles. The molecule has 3 saturated heterocycles. The summed E-state index contributed by atoms with van der Waals surface area (Å²) < 4.78 is 22.8. The standard InChI is InChI=1S/C59H63Cl2N15O5/c1-6-53(77)65-43-29-46(68-58-62-34-41(60)55(69-58)39-33-64-76-19-11-10-15-48(39)76)51(31-49(43)75-20-17-59(37-75)16-12-18-72(59)4)81-28-26-74-36-40(38-13-8-9-14-47(38)74)56-42(61)35-63-57(70-56)67-44-30-45(66-54(78)7-2)52(32-50(44)79-5)80-27-25-73-23-21-71(3)22-24-73/h6-11,13-15,19,29-36H,1-2,12,16-18,20-28,37H2,3-5H3,(H,65,77)(H,66,78)(H,62,68,69)(H,63,67,70)/t59-/m1/s1. The number of piperazine rings is 1. The highest BCUT2D eigenvalue weighted by atomic mass is 35.5. The number of halogens is 2. The zero-order valence-corrected chi connectivity index (χ0v) is 46.9. The van der Waals surface area contributed by atoms with Crippen molar-refractivity contribution in [3.05, 3.63) is 133 Å². The summed E-state index contributed by atoms with van der Waals surface area (Å²) in [6, 6.07) is 21.1. The lowest BCUT2D eigenvalue weighted by molar-refractivity contribution is -0.112. The van der Waals surface area contributed by atoms with Crippen LogP contribution in [0.4, 0.5) is 40.3 Å². The molecule has 5 aromatic heterocycles. The number of methoxy groups -OCH3 is 1. The molecule has 8 aromatic rings. The minimum absolute atomic E-state index is 0.0338. The molecule has 0 unspecified atom stereocenters. The largest absolute Gasteiger partial charge is 0.494 e. The van der Waals surface area contributed by atoms with Crippen molar-refractivity contribution in [2.75, 3.05) is 113 Å². The van der Waals surface area contributed by atoms with Crippen molar-refractivity contribution in [3.8, 4) is 39.8 Å². The molecule has 0 aliphatic carbocycles. The van der Waals surface area contributed by atoms with Gasteiger partial charge >= 0.3 is 0 Å². The number of likely N-dealkylation sites (N-methyl/N-ethyl adjacent to an activating group) is 2. The fraction of sp³-hybridized carbons (Fsp3) is 0.305. The van der Waals surface area contributed by atoms with E-state index in [4.69, 9.17) is 47.4 Å². The maximum absolute atomic E-state index is 13.1. The van der Waals surface area contributed by atoms with Crippen LogP contribution in [0.25, 0.3) is 38.9 Å². The Bertz CT molecular complexity index is 3680. The number of rotatable bonds is 20. The van der Waals surface area contributed by atoms with Gasteiger partial charge in [-0.2, -0.15) is 5.10 Å². The molecule has 8 heterocycles. The van der Waals surface area contributed by atoms with Gasteiger partial charge in [0.05, 0.1) is 87.6 Å². The predicted octanol–water partition coefficient (Wildman–Crippen LogP) is 9.63. The maximum atomic E-state index is 13.1. The second kappa shape index (κ2) is 23.8. The third-order valence-electron chi connectivity index (χ3n) is 15.5. The molecule has 2 amide bonds. The van der Waals surface area contributed by atoms with E-state index < -0.39 is 5.91 Å². The van der Waals surface area contributed by atoms with Crippen LogP contribution in [0.15, 0.2) is 123 Å². The highest BCUT2D eigenvalue weighted by molar-refractivity contribution is 6.33. The summed E-state index contributed by atoms with van der Waals surface area (Å²) in [7, 11) is 5.88. The van der Waals surface area contributed by atoms with Crippen molar-refractivity contribution in [2.45, 2.75) is 31.3 Å². The van der Waals surface area contributed by atoms with Gasteiger partial charge in [0, 0.05) is 97.9 Å². The molecule has 3 aliphatic rings. The van der Waals surface area contributed by atoms with Crippen molar-refractivity contribution < 1.29 is 23.8 Å². The van der Waals surface area contributed by atoms with Gasteiger partial charge in [0.15, 0.2) is 0 Å². The van der Waals surface area contributed by atoms with Crippen molar-refractivity contribution in [2.24, 2.45) is 0 Å². The second-order valence-corrected chi connectivity index (χ2v) is 21.3. The van der Waals surface area contributed by atoms with Gasteiger partial charge in [-0.3, -0.25) is 19.4 Å². The minimum atomic E-state index is -0.398. The monoisotopic (exact) mass is 1130 g/mol. The quantitative estimate of drug-likeness (QED) is 0.0526. The Kier molecular flexibility index (Phi) is 16.1. The Morgan fingerprint density at radius 1 is 0.704 bits per heavy atom. The number of nitrogens with zero attached hydrogens (tertiary/aromatic N) is 11. The number of hydrogen-bond donors (Lipinski definition) is 4. The molecule has 81 heavy (non-hydrogen) atoms. The van der Waals surface area contributed by atoms with Gasteiger partial charge in [-0.15, -0.1) is 0 Å². The number of amides is 2. The first-order chi connectivity index (χ1) is 39.4. The Morgan fingerprint density at radius 2 is 1.35 bits per heavy atom. The number of nitrogens with one attached hydrogen (secondary N) is 4. The lowest BCUT2D eigenvalue weighted by Crippen LogP contribution is -2.45. The topological polar surface area (TPSA) is 197 Å². The summed E-state index contributed by atoms with van der Waals surface area (Å²) in [5.41, 5.74) is 7.09. The second-order valence-electron chi connectivity index (χ2n) is 20.4. The van der Waals surface area contributed by atoms with Gasteiger partial charge in [-0.1, -0.05) is 60.6 Å². The van der Waals surface area contributed by atoms with Crippen LogP contribution in [-0.4, -0.2) is 153 Å². The fourth-order valence-corrected chi connectivity index (χ4v) is 11.4. The van der Waals surface area contributed by atoms with Gasteiger partial charge in [-0.05, 0) is 82.4 Å². The van der Waals surface area contributed by atoms with Crippen LogP contribution in [0.3, 0.4) is 0 Å². The van der Waals surface area contributed by atoms with E-state index in [0.717, 1.165) is 105 Å². The first kappa shape index (κ1) is 54.7. The van der Waals surface area contributed by atoms with Crippen LogP contribution in [0.5, 0.6) is 17.2 Å². The molecule has 22 heteroatoms. The number of hydrogen-bond acceptors (Lipinski definition) is 16. The Labute approximate surface area is 479 Å². The summed E-state index contributed by atoms with van der Waals surface area (Å²) in [4.78, 5) is 54.3. The van der Waals surface area contributed by atoms with E-state index in [1.165, 1.54) is 12.2 Å². The summed E-state index contributed by atoms with van der Waals surface area (Å²) in [6.45, 7) is 15.7. The van der Waals surface area contributed by atoms with Crippen LogP contribution in [0.2, 0.25) is 10.0 Å². The molecule has 0 saturated carbocycles. The molecule has 4 N–H and O–H groups in total. The van der Waals surface area contributed by atoms with Crippen LogP contribution < -0.4 is 40.4 Å². The first-order valence-corrected chi connectivity index (χ1v) is 27.6. The van der Waals surface area contributed by atoms with Gasteiger partial charge in [-0.25, -0.2) is 24.5 Å². The van der Waals surface area contributed by atoms with Crippen molar-refractivity contribution in [3.63, 3.8) is 0 Å².